The summed E-state index contributed by atoms with van der Waals surface area (Å²) < 4.78 is 2.02. The van der Waals surface area contributed by atoms with Crippen LogP contribution in [0, 0.1) is 6.92 Å². The fraction of sp³-hybridized carbons (Fsp3) is 0.111. The van der Waals surface area contributed by atoms with Gasteiger partial charge in [-0.15, -0.1) is 12.4 Å². The fourth-order valence-corrected chi connectivity index (χ4v) is 2.74. The Labute approximate surface area is 156 Å². The van der Waals surface area contributed by atoms with E-state index in [0.717, 1.165) is 34.3 Å². The molecule has 0 aliphatic heterocycles. The number of pyridine rings is 1. The lowest BCUT2D eigenvalue weighted by Gasteiger charge is -2.09. The fourth-order valence-electron chi connectivity index (χ4n) is 2.74. The highest BCUT2D eigenvalue weighted by molar-refractivity contribution is 5.85. The number of rotatable bonds is 4. The molecule has 0 aliphatic rings. The molecular weight excluding hydrogens is 350 g/mol. The smallest absolute Gasteiger partial charge is 0.155 e. The van der Waals surface area contributed by atoms with E-state index >= 15 is 0 Å². The summed E-state index contributed by atoms with van der Waals surface area (Å²) in [4.78, 5) is 12.8. The molecule has 3 aromatic heterocycles. The van der Waals surface area contributed by atoms with E-state index in [2.05, 4.69) is 49.4 Å². The molecule has 0 fully saturated rings. The molecule has 4 rings (SSSR count). The number of hydrogen-bond donors (Lipinski definition) is 2. The van der Waals surface area contributed by atoms with E-state index in [1.807, 2.05) is 29.8 Å². The third-order valence-corrected chi connectivity index (χ3v) is 3.90. The molecular formula is C18H18ClN7. The zero-order chi connectivity index (χ0) is 17.2. The first kappa shape index (κ1) is 17.6. The van der Waals surface area contributed by atoms with Crippen molar-refractivity contribution < 1.29 is 0 Å². The molecule has 0 radical (unpaired) electrons. The second-order valence-corrected chi connectivity index (χ2v) is 5.77. The van der Waals surface area contributed by atoms with Crippen molar-refractivity contribution in [2.45, 2.75) is 13.3 Å². The maximum absolute atomic E-state index is 5.79. The average Bonchev–Trinajstić information content (AvgIpc) is 3.25. The summed E-state index contributed by atoms with van der Waals surface area (Å²) >= 11 is 0. The quantitative estimate of drug-likeness (QED) is 0.577. The Balaban J connectivity index is 0.00000196. The Bertz CT molecular complexity index is 1000. The molecule has 3 N–H and O–H groups in total. The number of nitrogen functional groups attached to an aromatic ring is 1. The Morgan fingerprint density at radius 1 is 1.08 bits per heavy atom. The van der Waals surface area contributed by atoms with Crippen LogP contribution in [0.4, 0.5) is 5.82 Å². The van der Waals surface area contributed by atoms with Crippen LogP contribution in [-0.4, -0.2) is 29.7 Å². The first-order valence-corrected chi connectivity index (χ1v) is 7.91. The highest BCUT2D eigenvalue weighted by Crippen LogP contribution is 2.22. The Hall–Kier alpha value is -3.19. The second-order valence-electron chi connectivity index (χ2n) is 5.77. The van der Waals surface area contributed by atoms with Gasteiger partial charge < -0.3 is 5.73 Å². The zero-order valence-corrected chi connectivity index (χ0v) is 14.9. The van der Waals surface area contributed by atoms with Crippen molar-refractivity contribution in [3.05, 3.63) is 72.2 Å². The Morgan fingerprint density at radius 3 is 2.58 bits per heavy atom. The third kappa shape index (κ3) is 3.57. The van der Waals surface area contributed by atoms with Gasteiger partial charge in [-0.2, -0.15) is 5.10 Å². The highest BCUT2D eigenvalue weighted by Gasteiger charge is 2.09. The van der Waals surface area contributed by atoms with Crippen molar-refractivity contribution in [1.82, 2.24) is 29.7 Å². The number of anilines is 1. The summed E-state index contributed by atoms with van der Waals surface area (Å²) in [6.07, 6.45) is 6.09. The van der Waals surface area contributed by atoms with Gasteiger partial charge in [0.15, 0.2) is 5.82 Å². The van der Waals surface area contributed by atoms with Gasteiger partial charge in [-0.05, 0) is 36.8 Å². The topological polar surface area (TPSA) is 98.3 Å². The van der Waals surface area contributed by atoms with E-state index in [0.29, 0.717) is 12.2 Å². The van der Waals surface area contributed by atoms with Crippen molar-refractivity contribution in [1.29, 1.82) is 0 Å². The number of H-pyrrole nitrogens is 1. The number of aromatic nitrogens is 6. The maximum atomic E-state index is 5.79. The number of halogens is 1. The number of nitrogens with one attached hydrogen (secondary N) is 1. The van der Waals surface area contributed by atoms with Gasteiger partial charge >= 0.3 is 0 Å². The summed E-state index contributed by atoms with van der Waals surface area (Å²) in [5, 5.41) is 7.04. The molecule has 8 heteroatoms. The SMILES string of the molecule is Cc1nc(Cc2ccc(-n3ccnc3-c3ccnc(N)c3)cc2)n[nH]1.Cl. The van der Waals surface area contributed by atoms with Crippen molar-refractivity contribution in [3.63, 3.8) is 0 Å². The standard InChI is InChI=1S/C18H17N7.ClH/c1-12-22-17(24-23-12)10-13-2-4-15(5-3-13)25-9-8-21-18(25)14-6-7-20-16(19)11-14;/h2-9,11H,10H2,1H3,(H2,19,20)(H,22,23,24);1H. The molecule has 0 aliphatic carbocycles. The third-order valence-electron chi connectivity index (χ3n) is 3.90. The van der Waals surface area contributed by atoms with Crippen LogP contribution in [0.25, 0.3) is 17.1 Å². The van der Waals surface area contributed by atoms with Crippen LogP contribution in [0.3, 0.4) is 0 Å². The summed E-state index contributed by atoms with van der Waals surface area (Å²) in [5.41, 5.74) is 8.89. The number of nitrogens with two attached hydrogens (primary N) is 1. The molecule has 132 valence electrons. The van der Waals surface area contributed by atoms with Crippen molar-refractivity contribution in [3.8, 4) is 17.1 Å². The van der Waals surface area contributed by atoms with Crippen molar-refractivity contribution >= 4 is 18.2 Å². The van der Waals surface area contributed by atoms with Crippen LogP contribution in [0.1, 0.15) is 17.2 Å². The number of aromatic amines is 1. The number of imidazole rings is 1. The Morgan fingerprint density at radius 2 is 1.88 bits per heavy atom. The predicted octanol–water partition coefficient (Wildman–Crippen LogP) is 2.96. The van der Waals surface area contributed by atoms with Gasteiger partial charge in [-0.1, -0.05) is 12.1 Å². The van der Waals surface area contributed by atoms with Crippen molar-refractivity contribution in [2.24, 2.45) is 0 Å². The summed E-state index contributed by atoms with van der Waals surface area (Å²) in [7, 11) is 0. The molecule has 3 heterocycles. The van der Waals surface area contributed by atoms with Crippen LogP contribution in [0.2, 0.25) is 0 Å². The molecule has 4 aromatic rings. The zero-order valence-electron chi connectivity index (χ0n) is 14.1. The van der Waals surface area contributed by atoms with Gasteiger partial charge in [-0.3, -0.25) is 9.67 Å². The number of benzene rings is 1. The first-order chi connectivity index (χ1) is 12.2. The number of hydrogen-bond acceptors (Lipinski definition) is 5. The van der Waals surface area contributed by atoms with E-state index in [1.165, 1.54) is 0 Å². The van der Waals surface area contributed by atoms with Crippen molar-refractivity contribution in [2.75, 3.05) is 5.73 Å². The maximum Gasteiger partial charge on any atom is 0.155 e. The predicted molar refractivity (Wildman–Crippen MR) is 102 cm³/mol. The average molecular weight is 368 g/mol. The van der Waals surface area contributed by atoms with E-state index in [1.54, 1.807) is 12.4 Å². The van der Waals surface area contributed by atoms with Gasteiger partial charge in [-0.25, -0.2) is 15.0 Å². The molecule has 0 bridgehead atoms. The summed E-state index contributed by atoms with van der Waals surface area (Å²) in [6.45, 7) is 1.89. The lowest BCUT2D eigenvalue weighted by molar-refractivity contribution is 0.967. The first-order valence-electron chi connectivity index (χ1n) is 7.91. The van der Waals surface area contributed by atoms with Crippen LogP contribution >= 0.6 is 12.4 Å². The minimum Gasteiger partial charge on any atom is -0.384 e. The molecule has 7 nitrogen and oxygen atoms in total. The van der Waals surface area contributed by atoms with Gasteiger partial charge in [0.25, 0.3) is 0 Å². The molecule has 0 saturated carbocycles. The van der Waals surface area contributed by atoms with Gasteiger partial charge in [0.2, 0.25) is 0 Å². The molecule has 0 spiro atoms. The van der Waals surface area contributed by atoms with E-state index < -0.39 is 0 Å². The molecule has 1 aromatic carbocycles. The Kier molecular flexibility index (Phi) is 4.99. The van der Waals surface area contributed by atoms with Crippen LogP contribution in [-0.2, 0) is 6.42 Å². The lowest BCUT2D eigenvalue weighted by atomic mass is 10.1. The van der Waals surface area contributed by atoms with Crippen LogP contribution in [0.15, 0.2) is 55.0 Å². The summed E-state index contributed by atoms with van der Waals surface area (Å²) in [5.74, 6) is 2.92. The van der Waals surface area contributed by atoms with E-state index in [4.69, 9.17) is 5.73 Å². The normalized spacial score (nSPS) is 10.5. The molecule has 0 atom stereocenters. The van der Waals surface area contributed by atoms with Crippen LogP contribution in [0.5, 0.6) is 0 Å². The van der Waals surface area contributed by atoms with Crippen LogP contribution < -0.4 is 5.73 Å². The molecule has 0 unspecified atom stereocenters. The lowest BCUT2D eigenvalue weighted by Crippen LogP contribution is -1.98. The number of aryl methyl sites for hydroxylation is 1. The molecule has 26 heavy (non-hydrogen) atoms. The number of nitrogens with zero attached hydrogens (tertiary/aromatic N) is 5. The minimum absolute atomic E-state index is 0. The summed E-state index contributed by atoms with van der Waals surface area (Å²) in [6, 6.07) is 12.0. The van der Waals surface area contributed by atoms with Gasteiger partial charge in [0.05, 0.1) is 0 Å². The minimum atomic E-state index is 0. The van der Waals surface area contributed by atoms with Gasteiger partial charge in [0.1, 0.15) is 17.5 Å². The largest absolute Gasteiger partial charge is 0.384 e. The van der Waals surface area contributed by atoms with Gasteiger partial charge in [0, 0.05) is 36.3 Å². The van der Waals surface area contributed by atoms with E-state index in [9.17, 15) is 0 Å². The monoisotopic (exact) mass is 367 g/mol. The van der Waals surface area contributed by atoms with E-state index in [-0.39, 0.29) is 12.4 Å². The second kappa shape index (κ2) is 7.37. The molecule has 0 saturated heterocycles. The highest BCUT2D eigenvalue weighted by atomic mass is 35.5. The molecule has 0 amide bonds.